The fourth-order valence-corrected chi connectivity index (χ4v) is 1.64. The normalized spacial score (nSPS) is 33.3. The van der Waals surface area contributed by atoms with Crippen LogP contribution in [-0.2, 0) is 6.42 Å². The summed E-state index contributed by atoms with van der Waals surface area (Å²) < 4.78 is 0. The molecular weight excluding hydrogens is 148 g/mol. The largest absolute Gasteiger partial charge is 0.325 e. The van der Waals surface area contributed by atoms with Gasteiger partial charge in [0.25, 0.3) is 0 Å². The highest BCUT2D eigenvalue weighted by molar-refractivity contribution is 5.18. The molecular formula is C10H14N2. The third kappa shape index (κ3) is 1.34. The van der Waals surface area contributed by atoms with E-state index in [1.165, 1.54) is 5.56 Å². The Labute approximate surface area is 72.8 Å². The van der Waals surface area contributed by atoms with Crippen molar-refractivity contribution in [3.63, 3.8) is 0 Å². The fourth-order valence-electron chi connectivity index (χ4n) is 1.64. The molecule has 2 unspecified atom stereocenters. The fraction of sp³-hybridized carbons (Fsp3) is 0.500. The van der Waals surface area contributed by atoms with Gasteiger partial charge in [-0.1, -0.05) is 13.0 Å². The highest BCUT2D eigenvalue weighted by atomic mass is 14.8. The van der Waals surface area contributed by atoms with Gasteiger partial charge < -0.3 is 5.73 Å². The molecule has 0 aromatic carbocycles. The Morgan fingerprint density at radius 1 is 1.75 bits per heavy atom. The molecule has 0 saturated heterocycles. The first-order valence-electron chi connectivity index (χ1n) is 4.38. The summed E-state index contributed by atoms with van der Waals surface area (Å²) in [5.41, 5.74) is 7.42. The van der Waals surface area contributed by atoms with Gasteiger partial charge in [0.2, 0.25) is 0 Å². The van der Waals surface area contributed by atoms with Crippen molar-refractivity contribution in [2.24, 2.45) is 11.7 Å². The van der Waals surface area contributed by atoms with Crippen molar-refractivity contribution in [1.29, 1.82) is 0 Å². The summed E-state index contributed by atoms with van der Waals surface area (Å²) in [7, 11) is 0. The Morgan fingerprint density at radius 2 is 2.50 bits per heavy atom. The predicted molar refractivity (Wildman–Crippen MR) is 48.6 cm³/mol. The molecule has 0 radical (unpaired) electrons. The van der Waals surface area contributed by atoms with E-state index in [1.54, 1.807) is 6.20 Å². The highest BCUT2D eigenvalue weighted by Gasteiger charge is 2.47. The van der Waals surface area contributed by atoms with E-state index in [2.05, 4.69) is 18.0 Å². The zero-order valence-corrected chi connectivity index (χ0v) is 7.33. The third-order valence-corrected chi connectivity index (χ3v) is 2.76. The number of aromatic nitrogens is 1. The van der Waals surface area contributed by atoms with Gasteiger partial charge in [-0.05, 0) is 30.4 Å². The topological polar surface area (TPSA) is 38.9 Å². The van der Waals surface area contributed by atoms with Gasteiger partial charge >= 0.3 is 0 Å². The van der Waals surface area contributed by atoms with Gasteiger partial charge in [0, 0.05) is 17.9 Å². The molecule has 12 heavy (non-hydrogen) atoms. The molecule has 2 atom stereocenters. The van der Waals surface area contributed by atoms with Crippen LogP contribution in [0, 0.1) is 5.92 Å². The van der Waals surface area contributed by atoms with Crippen molar-refractivity contribution in [3.05, 3.63) is 30.1 Å². The molecule has 1 heterocycles. The highest BCUT2D eigenvalue weighted by Crippen LogP contribution is 2.42. The Kier molecular flexibility index (Phi) is 1.65. The first-order valence-corrected chi connectivity index (χ1v) is 4.38. The standard InChI is InChI=1S/C10H14N2/c1-8-5-10(8,11)6-9-3-2-4-12-7-9/h2-4,7-8H,5-6,11H2,1H3. The van der Waals surface area contributed by atoms with Crippen molar-refractivity contribution in [1.82, 2.24) is 4.98 Å². The minimum Gasteiger partial charge on any atom is -0.325 e. The molecule has 64 valence electrons. The van der Waals surface area contributed by atoms with Gasteiger partial charge in [-0.3, -0.25) is 4.98 Å². The molecule has 2 rings (SSSR count). The van der Waals surface area contributed by atoms with Crippen LogP contribution in [-0.4, -0.2) is 10.5 Å². The molecule has 0 amide bonds. The van der Waals surface area contributed by atoms with E-state index in [9.17, 15) is 0 Å². The third-order valence-electron chi connectivity index (χ3n) is 2.76. The summed E-state index contributed by atoms with van der Waals surface area (Å²) >= 11 is 0. The average Bonchev–Trinajstić information content (AvgIpc) is 2.61. The first kappa shape index (κ1) is 7.74. The molecule has 0 spiro atoms. The van der Waals surface area contributed by atoms with Gasteiger partial charge in [0.1, 0.15) is 0 Å². The zero-order chi connectivity index (χ0) is 8.60. The van der Waals surface area contributed by atoms with Crippen molar-refractivity contribution in [3.8, 4) is 0 Å². The minimum atomic E-state index is 0.0725. The Bertz CT molecular complexity index is 270. The van der Waals surface area contributed by atoms with Crippen LogP contribution in [0.4, 0.5) is 0 Å². The number of nitrogens with zero attached hydrogens (tertiary/aromatic N) is 1. The van der Waals surface area contributed by atoms with Crippen LogP contribution < -0.4 is 5.73 Å². The molecule has 0 aliphatic heterocycles. The molecule has 1 aromatic rings. The van der Waals surface area contributed by atoms with Gasteiger partial charge in [0.05, 0.1) is 0 Å². The van der Waals surface area contributed by atoms with E-state index < -0.39 is 0 Å². The lowest BCUT2D eigenvalue weighted by atomic mass is 10.1. The second kappa shape index (κ2) is 2.56. The van der Waals surface area contributed by atoms with E-state index in [4.69, 9.17) is 5.73 Å². The molecule has 1 saturated carbocycles. The molecule has 2 nitrogen and oxygen atoms in total. The van der Waals surface area contributed by atoms with E-state index in [-0.39, 0.29) is 5.54 Å². The quantitative estimate of drug-likeness (QED) is 0.713. The first-order chi connectivity index (χ1) is 5.71. The van der Waals surface area contributed by atoms with Crippen molar-refractivity contribution >= 4 is 0 Å². The van der Waals surface area contributed by atoms with Gasteiger partial charge in [-0.2, -0.15) is 0 Å². The lowest BCUT2D eigenvalue weighted by molar-refractivity contribution is 0.613. The van der Waals surface area contributed by atoms with Crippen molar-refractivity contribution in [2.45, 2.75) is 25.3 Å². The van der Waals surface area contributed by atoms with Crippen LogP contribution in [0.15, 0.2) is 24.5 Å². The Morgan fingerprint density at radius 3 is 3.00 bits per heavy atom. The van der Waals surface area contributed by atoms with Gasteiger partial charge in [-0.15, -0.1) is 0 Å². The zero-order valence-electron chi connectivity index (χ0n) is 7.33. The SMILES string of the molecule is CC1CC1(N)Cc1cccnc1. The number of hydrogen-bond acceptors (Lipinski definition) is 2. The molecule has 1 aliphatic rings. The van der Waals surface area contributed by atoms with E-state index >= 15 is 0 Å². The van der Waals surface area contributed by atoms with Crippen molar-refractivity contribution < 1.29 is 0 Å². The number of rotatable bonds is 2. The summed E-state index contributed by atoms with van der Waals surface area (Å²) in [6.07, 6.45) is 5.83. The van der Waals surface area contributed by atoms with Crippen LogP contribution in [0.5, 0.6) is 0 Å². The molecule has 1 fully saturated rings. The maximum atomic E-state index is 6.09. The maximum Gasteiger partial charge on any atom is 0.0300 e. The minimum absolute atomic E-state index is 0.0725. The molecule has 0 bridgehead atoms. The lowest BCUT2D eigenvalue weighted by Crippen LogP contribution is -2.27. The van der Waals surface area contributed by atoms with Gasteiger partial charge in [-0.25, -0.2) is 0 Å². The van der Waals surface area contributed by atoms with E-state index in [1.807, 2.05) is 12.3 Å². The summed E-state index contributed by atoms with van der Waals surface area (Å²) in [5.74, 6) is 0.678. The smallest absolute Gasteiger partial charge is 0.0300 e. The molecule has 1 aliphatic carbocycles. The summed E-state index contributed by atoms with van der Waals surface area (Å²) in [4.78, 5) is 4.07. The van der Waals surface area contributed by atoms with E-state index in [0.29, 0.717) is 5.92 Å². The van der Waals surface area contributed by atoms with E-state index in [0.717, 1.165) is 12.8 Å². The van der Waals surface area contributed by atoms with Gasteiger partial charge in [0.15, 0.2) is 0 Å². The molecule has 2 heteroatoms. The number of pyridine rings is 1. The summed E-state index contributed by atoms with van der Waals surface area (Å²) in [5, 5.41) is 0. The summed E-state index contributed by atoms with van der Waals surface area (Å²) in [6, 6.07) is 4.05. The second-order valence-corrected chi connectivity index (χ2v) is 3.88. The molecule has 1 aromatic heterocycles. The van der Waals surface area contributed by atoms with Crippen LogP contribution in [0.2, 0.25) is 0 Å². The number of hydrogen-bond donors (Lipinski definition) is 1. The average molecular weight is 162 g/mol. The maximum absolute atomic E-state index is 6.09. The van der Waals surface area contributed by atoms with Crippen molar-refractivity contribution in [2.75, 3.05) is 0 Å². The lowest BCUT2D eigenvalue weighted by Gasteiger charge is -2.08. The molecule has 2 N–H and O–H groups in total. The predicted octanol–water partition coefficient (Wildman–Crippen LogP) is 1.36. The summed E-state index contributed by atoms with van der Waals surface area (Å²) in [6.45, 7) is 2.20. The number of nitrogens with two attached hydrogens (primary N) is 1. The Hall–Kier alpha value is -0.890. The Balaban J connectivity index is 2.06. The van der Waals surface area contributed by atoms with Crippen LogP contribution in [0.1, 0.15) is 18.9 Å². The monoisotopic (exact) mass is 162 g/mol. The van der Waals surface area contributed by atoms with Crippen LogP contribution >= 0.6 is 0 Å². The second-order valence-electron chi connectivity index (χ2n) is 3.88. The van der Waals surface area contributed by atoms with Crippen LogP contribution in [0.25, 0.3) is 0 Å². The van der Waals surface area contributed by atoms with Crippen LogP contribution in [0.3, 0.4) is 0 Å².